The van der Waals surface area contributed by atoms with Crippen molar-refractivity contribution in [2.75, 3.05) is 0 Å². The molecule has 1 heterocycles. The zero-order valence-corrected chi connectivity index (χ0v) is 11.6. The number of carboxylic acids is 1. The lowest BCUT2D eigenvalue weighted by atomic mass is 9.78. The summed E-state index contributed by atoms with van der Waals surface area (Å²) >= 11 is 11.3. The summed E-state index contributed by atoms with van der Waals surface area (Å²) < 4.78 is 19.5. The molecular formula is C12H13Cl2FO4. The summed E-state index contributed by atoms with van der Waals surface area (Å²) in [4.78, 5) is 10.9. The molecule has 0 bridgehead atoms. The highest BCUT2D eigenvalue weighted by Gasteiger charge is 2.48. The molecule has 2 rings (SSSR count). The molecule has 2 N–H and O–H groups in total. The van der Waals surface area contributed by atoms with Crippen LogP contribution in [0.2, 0.25) is 0 Å². The van der Waals surface area contributed by atoms with Crippen molar-refractivity contribution in [3.05, 3.63) is 22.4 Å². The Kier molecular flexibility index (Phi) is 3.58. The van der Waals surface area contributed by atoms with Crippen LogP contribution in [0.15, 0.2) is 22.4 Å². The van der Waals surface area contributed by atoms with Crippen LogP contribution in [0.3, 0.4) is 0 Å². The van der Waals surface area contributed by atoms with Gasteiger partial charge >= 0.3 is 5.97 Å². The number of aliphatic hydroxyl groups is 1. The number of alkyl halides is 2. The molecule has 1 aliphatic heterocycles. The predicted octanol–water partition coefficient (Wildman–Crippen LogP) is 2.69. The number of hydrogen-bond donors (Lipinski definition) is 2. The maximum absolute atomic E-state index is 14.0. The fraction of sp³-hybridized carbons (Fsp3) is 0.583. The van der Waals surface area contributed by atoms with Gasteiger partial charge in [0.2, 0.25) is 5.13 Å². The maximum atomic E-state index is 14.0. The Bertz CT molecular complexity index is 486. The van der Waals surface area contributed by atoms with E-state index in [0.29, 0.717) is 0 Å². The van der Waals surface area contributed by atoms with Crippen LogP contribution in [0.1, 0.15) is 26.2 Å². The van der Waals surface area contributed by atoms with Crippen molar-refractivity contribution in [1.29, 1.82) is 0 Å². The Hall–Kier alpha value is -0.780. The fourth-order valence-electron chi connectivity index (χ4n) is 2.49. The van der Waals surface area contributed by atoms with Crippen molar-refractivity contribution in [2.24, 2.45) is 0 Å². The first kappa shape index (κ1) is 14.6. The van der Waals surface area contributed by atoms with E-state index in [1.54, 1.807) is 6.92 Å². The van der Waals surface area contributed by atoms with E-state index >= 15 is 0 Å². The average molecular weight is 311 g/mol. The van der Waals surface area contributed by atoms with Gasteiger partial charge in [-0.2, -0.15) is 0 Å². The minimum absolute atomic E-state index is 0.0660. The van der Waals surface area contributed by atoms with Gasteiger partial charge in [0.25, 0.3) is 0 Å². The van der Waals surface area contributed by atoms with Crippen molar-refractivity contribution >= 4 is 29.2 Å². The summed E-state index contributed by atoms with van der Waals surface area (Å²) in [5, 5.41) is 16.8. The second kappa shape index (κ2) is 4.65. The van der Waals surface area contributed by atoms with Crippen LogP contribution < -0.4 is 0 Å². The van der Waals surface area contributed by atoms with Gasteiger partial charge in [-0.05, 0) is 13.0 Å². The lowest BCUT2D eigenvalue weighted by molar-refractivity contribution is -0.143. The van der Waals surface area contributed by atoms with Gasteiger partial charge in [-0.1, -0.05) is 23.2 Å². The van der Waals surface area contributed by atoms with E-state index in [-0.39, 0.29) is 22.8 Å². The monoisotopic (exact) mass is 310 g/mol. The number of carbonyl (C=O) groups is 1. The third-order valence-corrected chi connectivity index (χ3v) is 4.10. The third-order valence-electron chi connectivity index (χ3n) is 3.26. The van der Waals surface area contributed by atoms with Crippen LogP contribution in [-0.2, 0) is 9.53 Å². The lowest BCUT2D eigenvalue weighted by Gasteiger charge is -2.41. The fourth-order valence-corrected chi connectivity index (χ4v) is 2.84. The molecule has 4 nitrogen and oxygen atoms in total. The van der Waals surface area contributed by atoms with Crippen molar-refractivity contribution in [3.8, 4) is 0 Å². The number of halogens is 3. The van der Waals surface area contributed by atoms with Gasteiger partial charge in [-0.25, -0.2) is 4.39 Å². The summed E-state index contributed by atoms with van der Waals surface area (Å²) in [6, 6.07) is 0. The summed E-state index contributed by atoms with van der Waals surface area (Å²) in [5.74, 6) is -0.968. The zero-order valence-electron chi connectivity index (χ0n) is 10.1. The first-order chi connectivity index (χ1) is 8.64. The number of carboxylic acid groups (broad SMARTS) is 1. The van der Waals surface area contributed by atoms with E-state index in [9.17, 15) is 14.3 Å². The molecule has 7 heteroatoms. The quantitative estimate of drug-likeness (QED) is 0.770. The van der Waals surface area contributed by atoms with Crippen LogP contribution in [0.5, 0.6) is 0 Å². The molecule has 0 aromatic carbocycles. The van der Waals surface area contributed by atoms with Crippen LogP contribution in [0.4, 0.5) is 4.39 Å². The van der Waals surface area contributed by atoms with Gasteiger partial charge in [-0.3, -0.25) is 4.79 Å². The Morgan fingerprint density at radius 1 is 1.68 bits per heavy atom. The van der Waals surface area contributed by atoms with Gasteiger partial charge in [0.15, 0.2) is 0 Å². The van der Waals surface area contributed by atoms with E-state index in [1.807, 2.05) is 0 Å². The molecule has 0 aromatic rings. The van der Waals surface area contributed by atoms with Crippen LogP contribution >= 0.6 is 23.2 Å². The van der Waals surface area contributed by atoms with E-state index in [4.69, 9.17) is 33.0 Å². The smallest absolute Gasteiger partial charge is 0.306 e. The highest BCUT2D eigenvalue weighted by molar-refractivity contribution is 6.39. The number of allylic oxidation sites excluding steroid dienone is 2. The second-order valence-electron chi connectivity index (χ2n) is 4.95. The number of aliphatic carboxylic acids is 1. The second-order valence-corrected chi connectivity index (χ2v) is 5.96. The minimum Gasteiger partial charge on any atom is -0.490 e. The molecule has 0 fully saturated rings. The van der Waals surface area contributed by atoms with Crippen LogP contribution in [0.25, 0.3) is 0 Å². The van der Waals surface area contributed by atoms with Gasteiger partial charge in [-0.15, -0.1) is 0 Å². The topological polar surface area (TPSA) is 66.8 Å². The molecular weight excluding hydrogens is 298 g/mol. The van der Waals surface area contributed by atoms with E-state index < -0.39 is 35.6 Å². The van der Waals surface area contributed by atoms with Crippen molar-refractivity contribution < 1.29 is 24.1 Å². The maximum Gasteiger partial charge on any atom is 0.306 e. The summed E-state index contributed by atoms with van der Waals surface area (Å²) in [5.41, 5.74) is -1.52. The number of rotatable bonds is 2. The zero-order chi connectivity index (χ0) is 14.4. The number of ether oxygens (including phenoxy) is 1. The summed E-state index contributed by atoms with van der Waals surface area (Å²) in [7, 11) is 0. The van der Waals surface area contributed by atoms with E-state index in [0.717, 1.165) is 0 Å². The minimum atomic E-state index is -2.34. The van der Waals surface area contributed by atoms with E-state index in [2.05, 4.69) is 0 Å². The standard InChI is InChI=1S/C12H13Cl2FO4/c1-6-3-11(18,5-10(16)17)7-4-12(14,15)9(13)2-8(7)19-6/h2,6,18H,3-5H2,1H3,(H,16,17)/t6-,11?,12?/m1/s1. The first-order valence-electron chi connectivity index (χ1n) is 5.74. The largest absolute Gasteiger partial charge is 0.490 e. The van der Waals surface area contributed by atoms with Gasteiger partial charge in [0.1, 0.15) is 11.4 Å². The highest BCUT2D eigenvalue weighted by atomic mass is 35.5. The van der Waals surface area contributed by atoms with Gasteiger partial charge in [0.05, 0.1) is 17.6 Å². The normalized spacial score (nSPS) is 38.4. The molecule has 3 atom stereocenters. The average Bonchev–Trinajstić information content (AvgIpc) is 2.20. The predicted molar refractivity (Wildman–Crippen MR) is 67.6 cm³/mol. The SMILES string of the molecule is C[C@@H]1CC(O)(CC(=O)O)C2=C(C=C(Cl)C(F)(Cl)C2)O1. The van der Waals surface area contributed by atoms with Crippen molar-refractivity contribution in [1.82, 2.24) is 0 Å². The van der Waals surface area contributed by atoms with Crippen LogP contribution in [-0.4, -0.2) is 33.0 Å². The molecule has 0 spiro atoms. The molecule has 0 aromatic heterocycles. The third kappa shape index (κ3) is 2.73. The van der Waals surface area contributed by atoms with E-state index in [1.165, 1.54) is 6.08 Å². The molecule has 1 aliphatic carbocycles. The molecule has 0 saturated carbocycles. The Morgan fingerprint density at radius 3 is 2.89 bits per heavy atom. The highest BCUT2D eigenvalue weighted by Crippen LogP contribution is 2.48. The number of hydrogen-bond acceptors (Lipinski definition) is 3. The molecule has 2 aliphatic rings. The summed E-state index contributed by atoms with van der Waals surface area (Å²) in [6.07, 6.45) is -0.0497. The Morgan fingerprint density at radius 2 is 2.32 bits per heavy atom. The summed E-state index contributed by atoms with van der Waals surface area (Å²) in [6.45, 7) is 1.69. The van der Waals surface area contributed by atoms with Crippen LogP contribution in [0, 0.1) is 0 Å². The molecule has 0 radical (unpaired) electrons. The Labute approximate surface area is 119 Å². The van der Waals surface area contributed by atoms with Gasteiger partial charge < -0.3 is 14.9 Å². The molecule has 0 amide bonds. The lowest BCUT2D eigenvalue weighted by Crippen LogP contribution is -2.45. The molecule has 19 heavy (non-hydrogen) atoms. The molecule has 106 valence electrons. The van der Waals surface area contributed by atoms with Gasteiger partial charge in [0, 0.05) is 18.4 Å². The molecule has 2 unspecified atom stereocenters. The van der Waals surface area contributed by atoms with Crippen molar-refractivity contribution in [2.45, 2.75) is 43.0 Å². The first-order valence-corrected chi connectivity index (χ1v) is 6.49. The molecule has 0 saturated heterocycles. The van der Waals surface area contributed by atoms with Crippen molar-refractivity contribution in [3.63, 3.8) is 0 Å². The Balaban J connectivity index is 2.46.